The number of hydrogen-bond acceptors (Lipinski definition) is 4. The van der Waals surface area contributed by atoms with E-state index in [0.717, 1.165) is 30.1 Å². The van der Waals surface area contributed by atoms with E-state index < -0.39 is 11.6 Å². The van der Waals surface area contributed by atoms with Crippen LogP contribution < -0.4 is 0 Å². The molecule has 2 saturated heterocycles. The first-order valence-corrected chi connectivity index (χ1v) is 12.0. The molecule has 1 unspecified atom stereocenters. The van der Waals surface area contributed by atoms with Crippen molar-refractivity contribution >= 4 is 0 Å². The van der Waals surface area contributed by atoms with E-state index in [0.29, 0.717) is 37.8 Å². The summed E-state index contributed by atoms with van der Waals surface area (Å²) >= 11 is 0. The van der Waals surface area contributed by atoms with Crippen molar-refractivity contribution in [3.8, 4) is 0 Å². The monoisotopic (exact) mass is 390 g/mol. The zero-order chi connectivity index (χ0) is 19.2. The van der Waals surface area contributed by atoms with Crippen LogP contribution in [0.1, 0.15) is 72.1 Å². The zero-order valence-electron chi connectivity index (χ0n) is 18.0. The minimum Gasteiger partial charge on any atom is -0.343 e. The average molecular weight is 391 g/mol. The van der Waals surface area contributed by atoms with Crippen molar-refractivity contribution in [2.24, 2.45) is 40.4 Å². The third-order valence-electron chi connectivity index (χ3n) is 10.5. The van der Waals surface area contributed by atoms with Gasteiger partial charge >= 0.3 is 0 Å². The average Bonchev–Trinajstić information content (AvgIpc) is 2.95. The van der Waals surface area contributed by atoms with Crippen molar-refractivity contribution in [3.63, 3.8) is 0 Å². The zero-order valence-corrected chi connectivity index (χ0v) is 18.0. The lowest BCUT2D eigenvalue weighted by Gasteiger charge is -2.63. The second kappa shape index (κ2) is 5.96. The molecule has 0 radical (unpaired) electrons. The molecule has 4 aliphatic carbocycles. The van der Waals surface area contributed by atoms with E-state index in [1.807, 2.05) is 0 Å². The molecular formula is C24H38O4. The number of hydrogen-bond donors (Lipinski definition) is 0. The van der Waals surface area contributed by atoms with E-state index in [1.54, 1.807) is 0 Å². The molecule has 4 nitrogen and oxygen atoms in total. The molecule has 158 valence electrons. The van der Waals surface area contributed by atoms with Gasteiger partial charge in [-0.1, -0.05) is 33.6 Å². The molecule has 0 N–H and O–H groups in total. The highest BCUT2D eigenvalue weighted by molar-refractivity contribution is 5.19. The van der Waals surface area contributed by atoms with Crippen molar-refractivity contribution in [3.05, 3.63) is 0 Å². The first-order chi connectivity index (χ1) is 13.5. The van der Waals surface area contributed by atoms with Crippen LogP contribution in [-0.4, -0.2) is 38.0 Å². The summed E-state index contributed by atoms with van der Waals surface area (Å²) < 4.78 is 25.9. The van der Waals surface area contributed by atoms with Crippen molar-refractivity contribution < 1.29 is 18.9 Å². The van der Waals surface area contributed by atoms with Gasteiger partial charge in [0, 0.05) is 11.8 Å². The maximum Gasteiger partial charge on any atom is 0.229 e. The van der Waals surface area contributed by atoms with Crippen LogP contribution in [0.2, 0.25) is 0 Å². The Morgan fingerprint density at radius 2 is 1.46 bits per heavy atom. The van der Waals surface area contributed by atoms with E-state index in [1.165, 1.54) is 44.9 Å². The summed E-state index contributed by atoms with van der Waals surface area (Å²) in [6.07, 6.45) is 10.6. The van der Waals surface area contributed by atoms with Crippen molar-refractivity contribution in [2.45, 2.75) is 83.7 Å². The molecule has 0 spiro atoms. The molecule has 0 amide bonds. The van der Waals surface area contributed by atoms with Gasteiger partial charge in [-0.2, -0.15) is 0 Å². The highest BCUT2D eigenvalue weighted by atomic mass is 16.8. The maximum atomic E-state index is 6.52. The van der Waals surface area contributed by atoms with E-state index in [2.05, 4.69) is 20.8 Å². The first-order valence-electron chi connectivity index (χ1n) is 12.0. The summed E-state index contributed by atoms with van der Waals surface area (Å²) in [5.74, 6) is 2.56. The van der Waals surface area contributed by atoms with E-state index in [4.69, 9.17) is 18.9 Å². The fourth-order valence-electron chi connectivity index (χ4n) is 9.50. The molecule has 28 heavy (non-hydrogen) atoms. The number of fused-ring (bicyclic) bond motifs is 5. The van der Waals surface area contributed by atoms with Crippen molar-refractivity contribution in [1.82, 2.24) is 0 Å². The Morgan fingerprint density at radius 1 is 0.750 bits per heavy atom. The standard InChI is InChI=1S/C24H38O4/c1-16-14-17-19(21(2)8-5-4-6-18(16)21)7-9-22(3)20(17)15-23-24(22,27-12-10-25-23)28-13-11-26-23/h16-20H,4-15H2,1-3H3/t16-,17+,18?,19-,20-,21-,22-,23?,24?/m0/s1. The molecule has 2 heterocycles. The predicted octanol–water partition coefficient (Wildman–Crippen LogP) is 4.76. The Hall–Kier alpha value is -0.160. The minimum absolute atomic E-state index is 0.00735. The lowest BCUT2D eigenvalue weighted by molar-refractivity contribution is -0.474. The van der Waals surface area contributed by atoms with Crippen LogP contribution in [0.3, 0.4) is 0 Å². The molecule has 0 aromatic rings. The highest BCUT2D eigenvalue weighted by Gasteiger charge is 2.79. The molecule has 6 fully saturated rings. The van der Waals surface area contributed by atoms with Gasteiger partial charge in [-0.15, -0.1) is 0 Å². The third kappa shape index (κ3) is 2.02. The van der Waals surface area contributed by atoms with E-state index >= 15 is 0 Å². The Kier molecular flexibility index (Phi) is 3.96. The van der Waals surface area contributed by atoms with Gasteiger partial charge < -0.3 is 18.9 Å². The second-order valence-corrected chi connectivity index (χ2v) is 11.4. The van der Waals surface area contributed by atoms with Crippen molar-refractivity contribution in [1.29, 1.82) is 0 Å². The quantitative estimate of drug-likeness (QED) is 0.597. The Labute approximate surface area is 170 Å². The maximum absolute atomic E-state index is 6.52. The predicted molar refractivity (Wildman–Crippen MR) is 106 cm³/mol. The molecule has 0 bridgehead atoms. The molecule has 6 rings (SSSR count). The fourth-order valence-corrected chi connectivity index (χ4v) is 9.50. The Bertz CT molecular complexity index is 637. The van der Waals surface area contributed by atoms with Crippen LogP contribution >= 0.6 is 0 Å². The van der Waals surface area contributed by atoms with E-state index in [-0.39, 0.29) is 5.41 Å². The summed E-state index contributed by atoms with van der Waals surface area (Å²) in [5.41, 5.74) is 0.520. The van der Waals surface area contributed by atoms with Gasteiger partial charge in [0.2, 0.25) is 11.6 Å². The summed E-state index contributed by atoms with van der Waals surface area (Å²) in [7, 11) is 0. The Balaban J connectivity index is 1.42. The molecule has 0 aromatic carbocycles. The summed E-state index contributed by atoms with van der Waals surface area (Å²) in [5, 5.41) is 0. The largest absolute Gasteiger partial charge is 0.343 e. The summed E-state index contributed by atoms with van der Waals surface area (Å²) in [6, 6.07) is 0. The lowest BCUT2D eigenvalue weighted by atomic mass is 9.43. The van der Waals surface area contributed by atoms with Gasteiger partial charge in [-0.05, 0) is 67.1 Å². The van der Waals surface area contributed by atoms with Crippen LogP contribution in [0.25, 0.3) is 0 Å². The normalized spacial score (nSPS) is 60.8. The molecule has 7 atom stereocenters. The van der Waals surface area contributed by atoms with Crippen LogP contribution in [0.4, 0.5) is 0 Å². The fraction of sp³-hybridized carbons (Fsp3) is 1.00. The van der Waals surface area contributed by atoms with Gasteiger partial charge in [-0.3, -0.25) is 0 Å². The number of ether oxygens (including phenoxy) is 4. The second-order valence-electron chi connectivity index (χ2n) is 11.4. The van der Waals surface area contributed by atoms with Crippen molar-refractivity contribution in [2.75, 3.05) is 26.4 Å². The van der Waals surface area contributed by atoms with Gasteiger partial charge in [0.15, 0.2) is 0 Å². The molecule has 6 aliphatic rings. The summed E-state index contributed by atoms with van der Waals surface area (Å²) in [4.78, 5) is 0. The lowest BCUT2D eigenvalue weighted by Crippen LogP contribution is -2.69. The van der Waals surface area contributed by atoms with Crippen LogP contribution in [-0.2, 0) is 18.9 Å². The molecule has 4 heteroatoms. The molecule has 4 saturated carbocycles. The van der Waals surface area contributed by atoms with Crippen LogP contribution in [0.15, 0.2) is 0 Å². The van der Waals surface area contributed by atoms with Crippen LogP contribution in [0, 0.1) is 40.4 Å². The molecule has 2 aliphatic heterocycles. The topological polar surface area (TPSA) is 36.9 Å². The van der Waals surface area contributed by atoms with Gasteiger partial charge in [-0.25, -0.2) is 0 Å². The van der Waals surface area contributed by atoms with Gasteiger partial charge in [0.25, 0.3) is 0 Å². The molecule has 0 aromatic heterocycles. The smallest absolute Gasteiger partial charge is 0.229 e. The van der Waals surface area contributed by atoms with Gasteiger partial charge in [0.1, 0.15) is 0 Å². The molecular weight excluding hydrogens is 352 g/mol. The first kappa shape index (κ1) is 18.6. The minimum atomic E-state index is -0.695. The van der Waals surface area contributed by atoms with Crippen LogP contribution in [0.5, 0.6) is 0 Å². The Morgan fingerprint density at radius 3 is 2.21 bits per heavy atom. The number of rotatable bonds is 0. The highest BCUT2D eigenvalue weighted by Crippen LogP contribution is 2.73. The SMILES string of the molecule is C[C@H]1C[C@@H]2[C@H](CC[C@@]3(C)[C@H]2CC24OCCOC23OCCO4)[C@@]2(C)CCCCC12. The third-order valence-corrected chi connectivity index (χ3v) is 10.5. The van der Waals surface area contributed by atoms with Gasteiger partial charge in [0.05, 0.1) is 26.4 Å². The summed E-state index contributed by atoms with van der Waals surface area (Å²) in [6.45, 7) is 10.1. The van der Waals surface area contributed by atoms with E-state index in [9.17, 15) is 0 Å².